The first-order valence-electron chi connectivity index (χ1n) is 9.67. The maximum Gasteiger partial charge on any atom is 0.355 e. The predicted octanol–water partition coefficient (Wildman–Crippen LogP) is 6.40. The zero-order valence-corrected chi connectivity index (χ0v) is 19.5. The summed E-state index contributed by atoms with van der Waals surface area (Å²) in [5.41, 5.74) is 4.60. The molecule has 0 N–H and O–H groups in total. The molecule has 29 heavy (non-hydrogen) atoms. The van der Waals surface area contributed by atoms with Gasteiger partial charge in [-0.25, -0.2) is 4.79 Å². The average Bonchev–Trinajstić information content (AvgIpc) is 2.96. The number of halogens is 2. The van der Waals surface area contributed by atoms with Crippen molar-refractivity contribution in [2.24, 2.45) is 7.05 Å². The maximum atomic E-state index is 12.6. The monoisotopic (exact) mass is 477 g/mol. The van der Waals surface area contributed by atoms with Crippen LogP contribution in [0.2, 0.25) is 5.02 Å². The molecular formula is C23H25BrClNO3. The van der Waals surface area contributed by atoms with E-state index in [-0.39, 0.29) is 5.97 Å². The molecule has 0 aliphatic heterocycles. The fourth-order valence-electron chi connectivity index (χ4n) is 3.68. The van der Waals surface area contributed by atoms with Gasteiger partial charge < -0.3 is 14.0 Å². The lowest BCUT2D eigenvalue weighted by molar-refractivity contribution is 0.0514. The van der Waals surface area contributed by atoms with Gasteiger partial charge >= 0.3 is 5.97 Å². The average molecular weight is 479 g/mol. The van der Waals surface area contributed by atoms with Crippen molar-refractivity contribution in [2.75, 3.05) is 13.2 Å². The Morgan fingerprint density at radius 1 is 1.21 bits per heavy atom. The Morgan fingerprint density at radius 3 is 2.55 bits per heavy atom. The largest absolute Gasteiger partial charge is 0.494 e. The summed E-state index contributed by atoms with van der Waals surface area (Å²) in [7, 11) is 1.90. The molecule has 0 fully saturated rings. The van der Waals surface area contributed by atoms with Crippen LogP contribution >= 0.6 is 27.5 Å². The van der Waals surface area contributed by atoms with Crippen LogP contribution in [0, 0.1) is 13.8 Å². The van der Waals surface area contributed by atoms with E-state index >= 15 is 0 Å². The summed E-state index contributed by atoms with van der Waals surface area (Å²) < 4.78 is 14.1. The molecule has 2 aromatic carbocycles. The molecule has 0 atom stereocenters. The van der Waals surface area contributed by atoms with Crippen molar-refractivity contribution < 1.29 is 14.3 Å². The molecule has 0 amide bonds. The number of nitrogens with zero attached hydrogens (tertiary/aromatic N) is 1. The van der Waals surface area contributed by atoms with E-state index in [0.717, 1.165) is 49.3 Å². The van der Waals surface area contributed by atoms with E-state index in [1.807, 2.05) is 62.7 Å². The normalized spacial score (nSPS) is 11.1. The van der Waals surface area contributed by atoms with E-state index < -0.39 is 0 Å². The van der Waals surface area contributed by atoms with Crippen LogP contribution in [0.3, 0.4) is 0 Å². The third-order valence-electron chi connectivity index (χ3n) is 4.99. The molecule has 0 radical (unpaired) electrons. The highest BCUT2D eigenvalue weighted by atomic mass is 79.9. The first-order valence-corrected chi connectivity index (χ1v) is 10.8. The summed E-state index contributed by atoms with van der Waals surface area (Å²) in [6.07, 6.45) is 1.49. The third kappa shape index (κ3) is 4.46. The number of esters is 1. The van der Waals surface area contributed by atoms with E-state index in [1.54, 1.807) is 0 Å². The van der Waals surface area contributed by atoms with Gasteiger partial charge in [-0.15, -0.1) is 0 Å². The van der Waals surface area contributed by atoms with Gasteiger partial charge in [-0.2, -0.15) is 0 Å². The lowest BCUT2D eigenvalue weighted by Gasteiger charge is -2.11. The number of rotatable bonds is 7. The molecule has 0 aliphatic rings. The minimum atomic E-state index is -0.294. The number of hydrogen-bond acceptors (Lipinski definition) is 3. The highest BCUT2D eigenvalue weighted by molar-refractivity contribution is 9.10. The van der Waals surface area contributed by atoms with Gasteiger partial charge in [0.25, 0.3) is 0 Å². The number of hydrogen-bond donors (Lipinski definition) is 0. The Hall–Kier alpha value is -1.98. The second-order valence-electron chi connectivity index (χ2n) is 7.07. The molecule has 3 rings (SSSR count). The molecule has 6 heteroatoms. The minimum Gasteiger partial charge on any atom is -0.494 e. The topological polar surface area (TPSA) is 40.5 Å². The zero-order chi connectivity index (χ0) is 21.1. The molecule has 0 spiro atoms. The van der Waals surface area contributed by atoms with E-state index in [1.165, 1.54) is 0 Å². The van der Waals surface area contributed by atoms with Gasteiger partial charge in [-0.3, -0.25) is 0 Å². The highest BCUT2D eigenvalue weighted by Gasteiger charge is 2.23. The van der Waals surface area contributed by atoms with Crippen LogP contribution in [-0.4, -0.2) is 23.8 Å². The summed E-state index contributed by atoms with van der Waals surface area (Å²) in [4.78, 5) is 12.6. The Balaban J connectivity index is 1.81. The van der Waals surface area contributed by atoms with Gasteiger partial charge in [0.05, 0.1) is 18.7 Å². The summed E-state index contributed by atoms with van der Waals surface area (Å²) in [6.45, 7) is 6.66. The van der Waals surface area contributed by atoms with Crippen molar-refractivity contribution in [1.29, 1.82) is 0 Å². The number of carbonyl (C=O) groups excluding carboxylic acids is 1. The molecule has 0 unspecified atom stereocenters. The molecule has 0 saturated heterocycles. The summed E-state index contributed by atoms with van der Waals surface area (Å²) >= 11 is 9.84. The minimum absolute atomic E-state index is 0.294. The standard InChI is InChI=1S/C23H25BrClNO3/c1-5-28-23(27)22-18(17-8-6-10-19(24)21(17)26(22)4)9-7-11-29-16-12-14(2)20(25)15(3)13-16/h6,8,10,12-13H,5,7,9,11H2,1-4H3. The molecule has 0 aliphatic carbocycles. The third-order valence-corrected chi connectivity index (χ3v) is 6.22. The fourth-order valence-corrected chi connectivity index (χ4v) is 4.42. The number of fused-ring (bicyclic) bond motifs is 1. The van der Waals surface area contributed by atoms with Crippen molar-refractivity contribution in [3.8, 4) is 5.75 Å². The molecule has 154 valence electrons. The summed E-state index contributed by atoms with van der Waals surface area (Å²) in [5.74, 6) is 0.522. The van der Waals surface area contributed by atoms with Gasteiger partial charge in [0, 0.05) is 21.9 Å². The Bertz CT molecular complexity index is 1030. The lowest BCUT2D eigenvalue weighted by Crippen LogP contribution is -2.12. The van der Waals surface area contributed by atoms with Gasteiger partial charge in [0.2, 0.25) is 0 Å². The van der Waals surface area contributed by atoms with E-state index in [9.17, 15) is 4.79 Å². The van der Waals surface area contributed by atoms with Gasteiger partial charge in [-0.1, -0.05) is 23.7 Å². The van der Waals surface area contributed by atoms with Gasteiger partial charge in [0.1, 0.15) is 11.4 Å². The van der Waals surface area contributed by atoms with Crippen LogP contribution in [0.15, 0.2) is 34.8 Å². The second kappa shape index (κ2) is 9.23. The molecular weight excluding hydrogens is 454 g/mol. The van der Waals surface area contributed by atoms with Crippen LogP contribution in [0.1, 0.15) is 40.5 Å². The maximum absolute atomic E-state index is 12.6. The molecule has 1 aromatic heterocycles. The van der Waals surface area contributed by atoms with Crippen LogP contribution in [0.4, 0.5) is 0 Å². The Morgan fingerprint density at radius 2 is 1.90 bits per heavy atom. The second-order valence-corrected chi connectivity index (χ2v) is 8.30. The summed E-state index contributed by atoms with van der Waals surface area (Å²) in [5, 5.41) is 1.83. The van der Waals surface area contributed by atoms with Gasteiger partial charge in [-0.05, 0) is 84.4 Å². The number of benzene rings is 2. The zero-order valence-electron chi connectivity index (χ0n) is 17.1. The van der Waals surface area contributed by atoms with Gasteiger partial charge in [0.15, 0.2) is 0 Å². The molecule has 0 saturated carbocycles. The first-order chi connectivity index (χ1) is 13.8. The van der Waals surface area contributed by atoms with Crippen LogP contribution < -0.4 is 4.74 Å². The number of aryl methyl sites for hydroxylation is 4. The summed E-state index contributed by atoms with van der Waals surface area (Å²) in [6, 6.07) is 9.92. The van der Waals surface area contributed by atoms with E-state index in [2.05, 4.69) is 15.9 Å². The molecule has 3 aromatic rings. The van der Waals surface area contributed by atoms with Crippen molar-refractivity contribution in [3.05, 3.63) is 62.2 Å². The van der Waals surface area contributed by atoms with Crippen LogP contribution in [0.25, 0.3) is 10.9 Å². The molecule has 4 nitrogen and oxygen atoms in total. The number of aromatic nitrogens is 1. The lowest BCUT2D eigenvalue weighted by atomic mass is 10.1. The SMILES string of the molecule is CCOC(=O)c1c(CCCOc2cc(C)c(Cl)c(C)c2)c2cccc(Br)c2n1C. The van der Waals surface area contributed by atoms with Crippen molar-refractivity contribution in [3.63, 3.8) is 0 Å². The van der Waals surface area contributed by atoms with E-state index in [4.69, 9.17) is 21.1 Å². The molecule has 1 heterocycles. The Labute approximate surface area is 184 Å². The smallest absolute Gasteiger partial charge is 0.355 e. The fraction of sp³-hybridized carbons (Fsp3) is 0.348. The Kier molecular flexibility index (Phi) is 6.91. The van der Waals surface area contributed by atoms with Crippen LogP contribution in [-0.2, 0) is 18.2 Å². The predicted molar refractivity (Wildman–Crippen MR) is 121 cm³/mol. The van der Waals surface area contributed by atoms with Crippen LogP contribution in [0.5, 0.6) is 5.75 Å². The number of ether oxygens (including phenoxy) is 2. The first kappa shape index (κ1) is 21.7. The highest BCUT2D eigenvalue weighted by Crippen LogP contribution is 2.32. The quantitative estimate of drug-likeness (QED) is 0.291. The number of para-hydroxylation sites is 1. The van der Waals surface area contributed by atoms with E-state index in [0.29, 0.717) is 25.3 Å². The number of carbonyl (C=O) groups is 1. The molecule has 0 bridgehead atoms. The van der Waals surface area contributed by atoms with Crippen molar-refractivity contribution in [1.82, 2.24) is 4.57 Å². The van der Waals surface area contributed by atoms with Crippen molar-refractivity contribution >= 4 is 44.4 Å². The van der Waals surface area contributed by atoms with Crippen molar-refractivity contribution in [2.45, 2.75) is 33.6 Å².